The molecular weight excluding hydrogens is 256 g/mol. The summed E-state index contributed by atoms with van der Waals surface area (Å²) in [6, 6.07) is 3.45. The minimum absolute atomic E-state index is 0.186. The monoisotopic (exact) mass is 268 g/mol. The third-order valence-electron chi connectivity index (χ3n) is 2.45. The third-order valence-corrected chi connectivity index (χ3v) is 2.76. The van der Waals surface area contributed by atoms with Gasteiger partial charge in [0, 0.05) is 0 Å². The summed E-state index contributed by atoms with van der Waals surface area (Å²) in [5, 5.41) is 4.14. The van der Waals surface area contributed by atoms with Gasteiger partial charge in [-0.15, -0.1) is 0 Å². The van der Waals surface area contributed by atoms with Crippen molar-refractivity contribution >= 4 is 17.5 Å². The van der Waals surface area contributed by atoms with Crippen molar-refractivity contribution in [1.82, 2.24) is 5.16 Å². The number of nitrogens with two attached hydrogens (primary N) is 1. The van der Waals surface area contributed by atoms with Crippen molar-refractivity contribution in [2.45, 2.75) is 6.92 Å². The lowest BCUT2D eigenvalue weighted by Crippen LogP contribution is -1.99. The topological polar surface area (TPSA) is 70.5 Å². The fourth-order valence-electron chi connectivity index (χ4n) is 1.68. The maximum absolute atomic E-state index is 6.20. The van der Waals surface area contributed by atoms with E-state index < -0.39 is 0 Å². The predicted octanol–water partition coefficient (Wildman–Crippen LogP) is 2.98. The van der Waals surface area contributed by atoms with Crippen molar-refractivity contribution in [2.75, 3.05) is 19.5 Å². The Bertz CT molecular complexity index is 554. The van der Waals surface area contributed by atoms with Crippen molar-refractivity contribution < 1.29 is 14.0 Å². The minimum Gasteiger partial charge on any atom is -0.493 e. The van der Waals surface area contributed by atoms with Crippen molar-refractivity contribution in [1.29, 1.82) is 0 Å². The molecule has 1 aromatic carbocycles. The van der Waals surface area contributed by atoms with Crippen LogP contribution in [-0.4, -0.2) is 18.9 Å². The van der Waals surface area contributed by atoms with E-state index in [9.17, 15) is 0 Å². The molecular formula is C12H13ClN2O3. The number of rotatable bonds is 4. The Kier molecular flexibility index (Phi) is 3.62. The van der Waals surface area contributed by atoms with Gasteiger partial charge in [-0.1, -0.05) is 16.8 Å². The number of hydrogen-bond acceptors (Lipinski definition) is 5. The van der Waals surface area contributed by atoms with E-state index in [1.54, 1.807) is 19.2 Å². The zero-order valence-electron chi connectivity index (χ0n) is 10.1. The highest BCUT2D eigenvalue weighted by atomic mass is 35.5. The maximum Gasteiger partial charge on any atom is 0.230 e. The van der Waals surface area contributed by atoms with Gasteiger partial charge in [-0.25, -0.2) is 0 Å². The molecule has 0 saturated heterocycles. The number of nitrogens with zero attached hydrogens (tertiary/aromatic N) is 1. The number of benzene rings is 1. The van der Waals surface area contributed by atoms with E-state index in [4.69, 9.17) is 31.3 Å². The second-order valence-electron chi connectivity index (χ2n) is 3.49. The Balaban J connectivity index is 2.67. The molecule has 0 atom stereocenters. The highest BCUT2D eigenvalue weighted by Crippen LogP contribution is 2.44. The molecule has 18 heavy (non-hydrogen) atoms. The molecule has 0 aliphatic heterocycles. The lowest BCUT2D eigenvalue weighted by molar-refractivity contribution is 0.312. The highest BCUT2D eigenvalue weighted by molar-refractivity contribution is 6.34. The minimum atomic E-state index is 0.186. The van der Waals surface area contributed by atoms with Crippen LogP contribution in [0.1, 0.15) is 6.92 Å². The Morgan fingerprint density at radius 2 is 2.22 bits per heavy atom. The molecule has 6 heteroatoms. The van der Waals surface area contributed by atoms with Crippen LogP contribution in [0.15, 0.2) is 22.9 Å². The van der Waals surface area contributed by atoms with Crippen molar-refractivity contribution in [3.8, 4) is 22.6 Å². The first-order valence-electron chi connectivity index (χ1n) is 5.38. The molecule has 0 saturated carbocycles. The normalized spacial score (nSPS) is 10.4. The number of hydrogen-bond donors (Lipinski definition) is 1. The first-order valence-corrected chi connectivity index (χ1v) is 5.76. The Labute approximate surface area is 109 Å². The lowest BCUT2D eigenvalue weighted by Gasteiger charge is -2.14. The van der Waals surface area contributed by atoms with Crippen LogP contribution in [-0.2, 0) is 0 Å². The Morgan fingerprint density at radius 3 is 2.78 bits per heavy atom. The molecule has 5 nitrogen and oxygen atoms in total. The molecule has 0 unspecified atom stereocenters. The van der Waals surface area contributed by atoms with Gasteiger partial charge in [-0.2, -0.15) is 0 Å². The van der Waals surface area contributed by atoms with E-state index in [1.807, 2.05) is 6.92 Å². The summed E-state index contributed by atoms with van der Waals surface area (Å²) in [7, 11) is 1.56. The third kappa shape index (κ3) is 2.09. The lowest BCUT2D eigenvalue weighted by atomic mass is 10.1. The van der Waals surface area contributed by atoms with Crippen LogP contribution in [0.2, 0.25) is 5.02 Å². The standard InChI is InChI=1S/C12H13ClN2O3/c1-3-17-11-9(16-2)5-4-8(13)10(11)7-6-15-18-12(7)14/h4-6H,3,14H2,1-2H3. The molecule has 2 rings (SSSR count). The Hall–Kier alpha value is -1.88. The van der Waals surface area contributed by atoms with E-state index in [0.29, 0.717) is 34.3 Å². The van der Waals surface area contributed by atoms with Crippen LogP contribution in [0.4, 0.5) is 5.88 Å². The predicted molar refractivity (Wildman–Crippen MR) is 69.1 cm³/mol. The summed E-state index contributed by atoms with van der Waals surface area (Å²) >= 11 is 6.20. The second-order valence-corrected chi connectivity index (χ2v) is 3.90. The average Bonchev–Trinajstić information content (AvgIpc) is 2.76. The van der Waals surface area contributed by atoms with Crippen molar-refractivity contribution in [3.63, 3.8) is 0 Å². The number of methoxy groups -OCH3 is 1. The largest absolute Gasteiger partial charge is 0.493 e. The molecule has 2 aromatic rings. The maximum atomic E-state index is 6.20. The van der Waals surface area contributed by atoms with E-state index in [0.717, 1.165) is 0 Å². The molecule has 0 aliphatic carbocycles. The van der Waals surface area contributed by atoms with E-state index >= 15 is 0 Å². The molecule has 0 spiro atoms. The van der Waals surface area contributed by atoms with Gasteiger partial charge in [0.15, 0.2) is 11.5 Å². The molecule has 1 aromatic heterocycles. The quantitative estimate of drug-likeness (QED) is 0.923. The van der Waals surface area contributed by atoms with Gasteiger partial charge < -0.3 is 19.7 Å². The zero-order chi connectivity index (χ0) is 13.1. The van der Waals surface area contributed by atoms with Crippen molar-refractivity contribution in [3.05, 3.63) is 23.4 Å². The van der Waals surface area contributed by atoms with Gasteiger partial charge in [0.1, 0.15) is 0 Å². The van der Waals surface area contributed by atoms with E-state index in [2.05, 4.69) is 5.16 Å². The second kappa shape index (κ2) is 5.18. The smallest absolute Gasteiger partial charge is 0.230 e. The summed E-state index contributed by atoms with van der Waals surface area (Å²) in [6.07, 6.45) is 1.50. The number of halogens is 1. The van der Waals surface area contributed by atoms with Crippen molar-refractivity contribution in [2.24, 2.45) is 0 Å². The van der Waals surface area contributed by atoms with E-state index in [1.165, 1.54) is 6.20 Å². The molecule has 0 amide bonds. The number of nitrogen functional groups attached to an aromatic ring is 1. The van der Waals surface area contributed by atoms with Gasteiger partial charge >= 0.3 is 0 Å². The SMILES string of the molecule is CCOc1c(OC)ccc(Cl)c1-c1cnoc1N. The van der Waals surface area contributed by atoms with Crippen LogP contribution < -0.4 is 15.2 Å². The van der Waals surface area contributed by atoms with Crippen LogP contribution in [0.3, 0.4) is 0 Å². The fraction of sp³-hybridized carbons (Fsp3) is 0.250. The number of aromatic nitrogens is 1. The molecule has 1 heterocycles. The molecule has 96 valence electrons. The molecule has 0 fully saturated rings. The highest BCUT2D eigenvalue weighted by Gasteiger charge is 2.20. The van der Waals surface area contributed by atoms with Crippen LogP contribution in [0.5, 0.6) is 11.5 Å². The fourth-order valence-corrected chi connectivity index (χ4v) is 1.93. The summed E-state index contributed by atoms with van der Waals surface area (Å²) in [6.45, 7) is 2.36. The summed E-state index contributed by atoms with van der Waals surface area (Å²) in [5.41, 5.74) is 6.92. The average molecular weight is 269 g/mol. The summed E-state index contributed by atoms with van der Waals surface area (Å²) in [4.78, 5) is 0. The Morgan fingerprint density at radius 1 is 1.44 bits per heavy atom. The van der Waals surface area contributed by atoms with Gasteiger partial charge in [0.05, 0.1) is 36.1 Å². The van der Waals surface area contributed by atoms with Gasteiger partial charge in [-0.05, 0) is 19.1 Å². The summed E-state index contributed by atoms with van der Waals surface area (Å²) in [5.74, 6) is 1.30. The first kappa shape index (κ1) is 12.6. The van der Waals surface area contributed by atoms with Crippen LogP contribution >= 0.6 is 11.6 Å². The van der Waals surface area contributed by atoms with E-state index in [-0.39, 0.29) is 5.88 Å². The first-order chi connectivity index (χ1) is 8.69. The van der Waals surface area contributed by atoms with Crippen LogP contribution in [0.25, 0.3) is 11.1 Å². The zero-order valence-corrected chi connectivity index (χ0v) is 10.8. The number of anilines is 1. The molecule has 0 bridgehead atoms. The molecule has 0 radical (unpaired) electrons. The number of ether oxygens (including phenoxy) is 2. The van der Waals surface area contributed by atoms with Gasteiger partial charge in [0.2, 0.25) is 5.88 Å². The summed E-state index contributed by atoms with van der Waals surface area (Å²) < 4.78 is 15.7. The van der Waals surface area contributed by atoms with Gasteiger partial charge in [-0.3, -0.25) is 0 Å². The van der Waals surface area contributed by atoms with Gasteiger partial charge in [0.25, 0.3) is 0 Å². The molecule has 0 aliphatic rings. The van der Waals surface area contributed by atoms with Crippen LogP contribution in [0, 0.1) is 0 Å². The molecule has 2 N–H and O–H groups in total.